The van der Waals surface area contributed by atoms with Gasteiger partial charge in [0.25, 0.3) is 5.91 Å². The number of aromatic nitrogens is 2. The van der Waals surface area contributed by atoms with Gasteiger partial charge in [0.1, 0.15) is 0 Å². The Morgan fingerprint density at radius 3 is 2.38 bits per heavy atom. The van der Waals surface area contributed by atoms with Gasteiger partial charge in [-0.15, -0.1) is 0 Å². The Morgan fingerprint density at radius 2 is 1.70 bits per heavy atom. The lowest BCUT2D eigenvalue weighted by Crippen LogP contribution is -2.38. The quantitative estimate of drug-likeness (QED) is 0.349. The van der Waals surface area contributed by atoms with Crippen LogP contribution < -0.4 is 10.6 Å². The Kier molecular flexibility index (Phi) is 7.26. The predicted molar refractivity (Wildman–Crippen MR) is 143 cm³/mol. The number of carbonyl (C=O) groups is 2. The third kappa shape index (κ3) is 6.22. The molecule has 0 spiro atoms. The normalized spacial score (nSPS) is 13.8. The summed E-state index contributed by atoms with van der Waals surface area (Å²) < 4.78 is 5.25. The first-order valence-electron chi connectivity index (χ1n) is 12.4. The Balaban J connectivity index is 1.15. The monoisotopic (exact) mass is 495 g/mol. The van der Waals surface area contributed by atoms with E-state index in [4.69, 9.17) is 4.42 Å². The van der Waals surface area contributed by atoms with Crippen LogP contribution in [0.2, 0.25) is 0 Å². The molecule has 0 aliphatic carbocycles. The van der Waals surface area contributed by atoms with Gasteiger partial charge in [0.05, 0.1) is 12.0 Å². The van der Waals surface area contributed by atoms with Gasteiger partial charge in [-0.1, -0.05) is 24.3 Å². The summed E-state index contributed by atoms with van der Waals surface area (Å²) in [5, 5.41) is 6.05. The number of likely N-dealkylation sites (tertiary alicyclic amines) is 1. The van der Waals surface area contributed by atoms with Gasteiger partial charge < -0.3 is 20.0 Å². The van der Waals surface area contributed by atoms with Crippen LogP contribution in [0.15, 0.2) is 83.6 Å². The molecule has 0 atom stereocenters. The SMILES string of the molecule is CC(=O)Nc1ccc(-c2ccnc(Nc3ccc(CC4CCN(C(=O)c5ccco5)CC4)cc3)n2)cc1. The number of carbonyl (C=O) groups excluding carboxylic acids is 2. The highest BCUT2D eigenvalue weighted by molar-refractivity contribution is 5.91. The zero-order chi connectivity index (χ0) is 25.6. The van der Waals surface area contributed by atoms with Crippen molar-refractivity contribution in [1.82, 2.24) is 14.9 Å². The second-order valence-corrected chi connectivity index (χ2v) is 9.26. The van der Waals surface area contributed by atoms with Crippen LogP contribution in [0.5, 0.6) is 0 Å². The Labute approximate surface area is 215 Å². The van der Waals surface area contributed by atoms with E-state index in [-0.39, 0.29) is 11.8 Å². The Morgan fingerprint density at radius 1 is 0.973 bits per heavy atom. The molecule has 188 valence electrons. The molecule has 0 bridgehead atoms. The zero-order valence-electron chi connectivity index (χ0n) is 20.7. The lowest BCUT2D eigenvalue weighted by atomic mass is 9.90. The van der Waals surface area contributed by atoms with Crippen LogP contribution in [0, 0.1) is 5.92 Å². The van der Waals surface area contributed by atoms with Crippen LogP contribution in [-0.4, -0.2) is 39.8 Å². The summed E-state index contributed by atoms with van der Waals surface area (Å²) >= 11 is 0. The molecule has 1 fully saturated rings. The third-order valence-corrected chi connectivity index (χ3v) is 6.52. The minimum absolute atomic E-state index is 0.0211. The Bertz CT molecular complexity index is 1340. The summed E-state index contributed by atoms with van der Waals surface area (Å²) in [6, 6.07) is 21.2. The number of hydrogen-bond donors (Lipinski definition) is 2. The first-order valence-corrected chi connectivity index (χ1v) is 12.4. The molecule has 2 aromatic heterocycles. The molecular weight excluding hydrogens is 466 g/mol. The molecule has 8 nitrogen and oxygen atoms in total. The standard InChI is InChI=1S/C29H29N5O3/c1-20(35)31-24-10-6-23(7-11-24)26-12-15-30-29(33-26)32-25-8-4-21(5-9-25)19-22-13-16-34(17-14-22)28(36)27-3-2-18-37-27/h2-12,15,18,22H,13-14,16-17,19H2,1H3,(H,31,35)(H,30,32,33). The highest BCUT2D eigenvalue weighted by atomic mass is 16.3. The van der Waals surface area contributed by atoms with E-state index in [2.05, 4.69) is 32.7 Å². The van der Waals surface area contributed by atoms with Crippen molar-refractivity contribution in [3.63, 3.8) is 0 Å². The van der Waals surface area contributed by atoms with Gasteiger partial charge >= 0.3 is 0 Å². The smallest absolute Gasteiger partial charge is 0.289 e. The van der Waals surface area contributed by atoms with Gasteiger partial charge in [0, 0.05) is 43.1 Å². The summed E-state index contributed by atoms with van der Waals surface area (Å²) in [6.07, 6.45) is 6.22. The van der Waals surface area contributed by atoms with Gasteiger partial charge in [-0.3, -0.25) is 9.59 Å². The van der Waals surface area contributed by atoms with Gasteiger partial charge in [0.2, 0.25) is 11.9 Å². The number of nitrogens with one attached hydrogen (secondary N) is 2. The van der Waals surface area contributed by atoms with Crippen molar-refractivity contribution in [3.8, 4) is 11.3 Å². The van der Waals surface area contributed by atoms with Crippen molar-refractivity contribution < 1.29 is 14.0 Å². The number of anilines is 3. The van der Waals surface area contributed by atoms with E-state index in [9.17, 15) is 9.59 Å². The van der Waals surface area contributed by atoms with E-state index < -0.39 is 0 Å². The number of piperidine rings is 1. The van der Waals surface area contributed by atoms with Gasteiger partial charge in [0.15, 0.2) is 5.76 Å². The lowest BCUT2D eigenvalue weighted by Gasteiger charge is -2.31. The second kappa shape index (κ2) is 11.1. The lowest BCUT2D eigenvalue weighted by molar-refractivity contribution is -0.114. The predicted octanol–water partition coefficient (Wildman–Crippen LogP) is 5.53. The second-order valence-electron chi connectivity index (χ2n) is 9.26. The summed E-state index contributed by atoms with van der Waals surface area (Å²) in [5.74, 6) is 1.36. The van der Waals surface area contributed by atoms with Crippen LogP contribution in [-0.2, 0) is 11.2 Å². The molecule has 2 aromatic carbocycles. The highest BCUT2D eigenvalue weighted by Crippen LogP contribution is 2.25. The first-order chi connectivity index (χ1) is 18.0. The molecule has 3 heterocycles. The summed E-state index contributed by atoms with van der Waals surface area (Å²) in [5.41, 5.74) is 4.67. The number of hydrogen-bond acceptors (Lipinski definition) is 6. The van der Waals surface area contributed by atoms with Crippen molar-refractivity contribution in [1.29, 1.82) is 0 Å². The maximum absolute atomic E-state index is 12.5. The van der Waals surface area contributed by atoms with Gasteiger partial charge in [-0.25, -0.2) is 9.97 Å². The summed E-state index contributed by atoms with van der Waals surface area (Å²) in [7, 11) is 0. The van der Waals surface area contributed by atoms with E-state index in [0.717, 1.165) is 55.0 Å². The van der Waals surface area contributed by atoms with E-state index in [0.29, 0.717) is 17.6 Å². The van der Waals surface area contributed by atoms with Crippen molar-refractivity contribution in [2.45, 2.75) is 26.2 Å². The molecule has 0 unspecified atom stereocenters. The molecular formula is C29H29N5O3. The average Bonchev–Trinajstić information content (AvgIpc) is 3.45. The molecule has 2 amide bonds. The molecule has 37 heavy (non-hydrogen) atoms. The fourth-order valence-electron chi connectivity index (χ4n) is 4.59. The molecule has 2 N–H and O–H groups in total. The van der Waals surface area contributed by atoms with E-state index in [1.54, 1.807) is 18.3 Å². The van der Waals surface area contributed by atoms with Crippen molar-refractivity contribution in [2.24, 2.45) is 5.92 Å². The highest BCUT2D eigenvalue weighted by Gasteiger charge is 2.25. The van der Waals surface area contributed by atoms with E-state index >= 15 is 0 Å². The number of benzene rings is 2. The fraction of sp³-hybridized carbons (Fsp3) is 0.241. The minimum Gasteiger partial charge on any atom is -0.459 e. The zero-order valence-corrected chi connectivity index (χ0v) is 20.7. The summed E-state index contributed by atoms with van der Waals surface area (Å²) in [6.45, 7) is 3.00. The molecule has 1 aliphatic rings. The molecule has 0 radical (unpaired) electrons. The summed E-state index contributed by atoms with van der Waals surface area (Å²) in [4.78, 5) is 34.6. The van der Waals surface area contributed by atoms with E-state index in [1.807, 2.05) is 47.4 Å². The number of rotatable bonds is 7. The van der Waals surface area contributed by atoms with Crippen molar-refractivity contribution in [2.75, 3.05) is 23.7 Å². The molecule has 4 aromatic rings. The van der Waals surface area contributed by atoms with Crippen LogP contribution in [0.3, 0.4) is 0 Å². The number of nitrogens with zero attached hydrogens (tertiary/aromatic N) is 3. The van der Waals surface area contributed by atoms with E-state index in [1.165, 1.54) is 18.8 Å². The third-order valence-electron chi connectivity index (χ3n) is 6.52. The van der Waals surface area contributed by atoms with Crippen LogP contribution in [0.4, 0.5) is 17.3 Å². The average molecular weight is 496 g/mol. The Hall–Kier alpha value is -4.46. The molecule has 1 saturated heterocycles. The molecule has 8 heteroatoms. The van der Waals surface area contributed by atoms with Crippen LogP contribution >= 0.6 is 0 Å². The van der Waals surface area contributed by atoms with Crippen molar-refractivity contribution >= 4 is 29.1 Å². The molecule has 5 rings (SSSR count). The molecule has 0 saturated carbocycles. The minimum atomic E-state index is -0.102. The fourth-order valence-corrected chi connectivity index (χ4v) is 4.59. The first kappa shape index (κ1) is 24.2. The maximum Gasteiger partial charge on any atom is 0.289 e. The maximum atomic E-state index is 12.5. The number of amides is 2. The van der Waals surface area contributed by atoms with Crippen LogP contribution in [0.1, 0.15) is 35.9 Å². The topological polar surface area (TPSA) is 100 Å². The largest absolute Gasteiger partial charge is 0.459 e. The van der Waals surface area contributed by atoms with Crippen molar-refractivity contribution in [3.05, 3.63) is 90.5 Å². The van der Waals surface area contributed by atoms with Crippen LogP contribution in [0.25, 0.3) is 11.3 Å². The molecule has 1 aliphatic heterocycles. The van der Waals surface area contributed by atoms with Gasteiger partial charge in [-0.2, -0.15) is 0 Å². The number of furan rings is 1. The van der Waals surface area contributed by atoms with Gasteiger partial charge in [-0.05, 0) is 73.2 Å².